The summed E-state index contributed by atoms with van der Waals surface area (Å²) in [6, 6.07) is 16.1. The van der Waals surface area contributed by atoms with Crippen LogP contribution in [0, 0.1) is 0 Å². The molecule has 1 fully saturated rings. The van der Waals surface area contributed by atoms with Gasteiger partial charge >= 0.3 is 0 Å². The maximum Gasteiger partial charge on any atom is 0.254 e. The Bertz CT molecular complexity index is 838. The van der Waals surface area contributed by atoms with E-state index in [1.807, 2.05) is 47.4 Å². The minimum Gasteiger partial charge on any atom is -0.378 e. The van der Waals surface area contributed by atoms with Gasteiger partial charge in [-0.25, -0.2) is 4.98 Å². The van der Waals surface area contributed by atoms with Crippen LogP contribution in [0.1, 0.15) is 15.9 Å². The quantitative estimate of drug-likeness (QED) is 0.650. The molecule has 4 nitrogen and oxygen atoms in total. The molecule has 0 unspecified atom stereocenters. The van der Waals surface area contributed by atoms with Crippen molar-refractivity contribution < 1.29 is 9.53 Å². The number of aromatic nitrogens is 1. The van der Waals surface area contributed by atoms with Crippen LogP contribution in [0.2, 0.25) is 0 Å². The van der Waals surface area contributed by atoms with Crippen LogP contribution in [-0.2, 0) is 10.5 Å². The van der Waals surface area contributed by atoms with Gasteiger partial charge in [0.25, 0.3) is 5.91 Å². The molecule has 0 atom stereocenters. The number of hydrogen-bond acceptors (Lipinski definition) is 5. The van der Waals surface area contributed by atoms with Gasteiger partial charge in [0, 0.05) is 24.4 Å². The molecule has 1 saturated heterocycles. The van der Waals surface area contributed by atoms with Crippen molar-refractivity contribution in [3.05, 3.63) is 59.7 Å². The van der Waals surface area contributed by atoms with Crippen LogP contribution in [0.25, 0.3) is 10.2 Å². The van der Waals surface area contributed by atoms with Crippen molar-refractivity contribution in [1.82, 2.24) is 9.88 Å². The van der Waals surface area contributed by atoms with Crippen molar-refractivity contribution in [3.63, 3.8) is 0 Å². The summed E-state index contributed by atoms with van der Waals surface area (Å²) in [5.41, 5.74) is 3.00. The molecule has 6 heteroatoms. The van der Waals surface area contributed by atoms with Crippen LogP contribution in [0.4, 0.5) is 0 Å². The number of carbonyl (C=O) groups excluding carboxylic acids is 1. The number of nitrogens with zero attached hydrogens (tertiary/aromatic N) is 2. The minimum absolute atomic E-state index is 0.0914. The summed E-state index contributed by atoms with van der Waals surface area (Å²) in [7, 11) is 0. The molecule has 4 rings (SSSR count). The van der Waals surface area contributed by atoms with Gasteiger partial charge in [-0.1, -0.05) is 36.0 Å². The molecule has 1 amide bonds. The van der Waals surface area contributed by atoms with Crippen LogP contribution >= 0.6 is 23.1 Å². The van der Waals surface area contributed by atoms with Gasteiger partial charge in [0.05, 0.1) is 23.4 Å². The monoisotopic (exact) mass is 370 g/mol. The molecule has 0 aliphatic carbocycles. The fourth-order valence-electron chi connectivity index (χ4n) is 2.75. The van der Waals surface area contributed by atoms with E-state index in [4.69, 9.17) is 4.74 Å². The SMILES string of the molecule is O=C(c1ccc(CSc2nc3ccccc3s2)cc1)N1CCOCC1. The molecule has 128 valence electrons. The fourth-order valence-corrected chi connectivity index (χ4v) is 4.77. The van der Waals surface area contributed by atoms with Crippen molar-refractivity contribution >= 4 is 39.2 Å². The number of fused-ring (bicyclic) bond motifs is 1. The first kappa shape index (κ1) is 16.6. The predicted molar refractivity (Wildman–Crippen MR) is 102 cm³/mol. The Kier molecular flexibility index (Phi) is 5.01. The zero-order chi connectivity index (χ0) is 17.1. The lowest BCUT2D eigenvalue weighted by Crippen LogP contribution is -2.40. The third-order valence-electron chi connectivity index (χ3n) is 4.14. The van der Waals surface area contributed by atoms with Gasteiger partial charge in [-0.05, 0) is 29.8 Å². The molecule has 2 aromatic carbocycles. The third-order valence-corrected chi connectivity index (χ3v) is 6.39. The molecule has 3 aromatic rings. The minimum atomic E-state index is 0.0914. The van der Waals surface area contributed by atoms with Crippen LogP contribution in [0.3, 0.4) is 0 Å². The normalized spacial score (nSPS) is 14.8. The zero-order valence-corrected chi connectivity index (χ0v) is 15.3. The van der Waals surface area contributed by atoms with Crippen molar-refractivity contribution in [2.24, 2.45) is 0 Å². The first-order valence-corrected chi connectivity index (χ1v) is 10.0. The number of rotatable bonds is 4. The Morgan fingerprint density at radius 3 is 2.64 bits per heavy atom. The van der Waals surface area contributed by atoms with Gasteiger partial charge in [-0.2, -0.15) is 0 Å². The number of carbonyl (C=O) groups is 1. The van der Waals surface area contributed by atoms with E-state index in [9.17, 15) is 4.79 Å². The van der Waals surface area contributed by atoms with E-state index in [0.717, 1.165) is 21.2 Å². The molecule has 0 bridgehead atoms. The van der Waals surface area contributed by atoms with Gasteiger partial charge < -0.3 is 9.64 Å². The highest BCUT2D eigenvalue weighted by Gasteiger charge is 2.18. The number of para-hydroxylation sites is 1. The summed E-state index contributed by atoms with van der Waals surface area (Å²) >= 11 is 3.46. The van der Waals surface area contributed by atoms with Gasteiger partial charge in [0.2, 0.25) is 0 Å². The maximum atomic E-state index is 12.4. The lowest BCUT2D eigenvalue weighted by Gasteiger charge is -2.26. The lowest BCUT2D eigenvalue weighted by molar-refractivity contribution is 0.0303. The van der Waals surface area contributed by atoms with Crippen LogP contribution in [0.5, 0.6) is 0 Å². The van der Waals surface area contributed by atoms with E-state index in [1.54, 1.807) is 23.1 Å². The largest absolute Gasteiger partial charge is 0.378 e. The van der Waals surface area contributed by atoms with E-state index >= 15 is 0 Å². The molecular formula is C19H18N2O2S2. The number of hydrogen-bond donors (Lipinski definition) is 0. The molecule has 0 spiro atoms. The first-order valence-electron chi connectivity index (χ1n) is 8.24. The van der Waals surface area contributed by atoms with Crippen LogP contribution in [-0.4, -0.2) is 42.1 Å². The fraction of sp³-hybridized carbons (Fsp3) is 0.263. The Balaban J connectivity index is 1.39. The molecule has 1 aliphatic rings. The summed E-state index contributed by atoms with van der Waals surface area (Å²) in [6.45, 7) is 2.60. The zero-order valence-electron chi connectivity index (χ0n) is 13.7. The standard InChI is InChI=1S/C19H18N2O2S2/c22-18(21-9-11-23-12-10-21)15-7-5-14(6-8-15)13-24-19-20-16-3-1-2-4-17(16)25-19/h1-8H,9-13H2. The van der Waals surface area contributed by atoms with E-state index < -0.39 is 0 Å². The van der Waals surface area contributed by atoms with Crippen molar-refractivity contribution in [3.8, 4) is 0 Å². The number of amides is 1. The molecule has 1 aliphatic heterocycles. The Morgan fingerprint density at radius 1 is 1.12 bits per heavy atom. The second-order valence-electron chi connectivity index (χ2n) is 5.84. The van der Waals surface area contributed by atoms with Crippen molar-refractivity contribution in [2.45, 2.75) is 10.1 Å². The van der Waals surface area contributed by atoms with Crippen LogP contribution in [0.15, 0.2) is 52.9 Å². The highest BCUT2D eigenvalue weighted by atomic mass is 32.2. The average Bonchev–Trinajstić information content (AvgIpc) is 3.10. The Labute approximate surface area is 154 Å². The summed E-state index contributed by atoms with van der Waals surface area (Å²) in [5, 5.41) is 0. The van der Waals surface area contributed by atoms with Gasteiger partial charge in [-0.3, -0.25) is 4.79 Å². The number of thiazole rings is 1. The molecule has 0 radical (unpaired) electrons. The molecule has 25 heavy (non-hydrogen) atoms. The van der Waals surface area contributed by atoms with Crippen molar-refractivity contribution in [1.29, 1.82) is 0 Å². The highest BCUT2D eigenvalue weighted by Crippen LogP contribution is 2.31. The summed E-state index contributed by atoms with van der Waals surface area (Å²) in [5.74, 6) is 0.944. The second-order valence-corrected chi connectivity index (χ2v) is 8.09. The molecule has 0 saturated carbocycles. The van der Waals surface area contributed by atoms with E-state index in [1.165, 1.54) is 10.3 Å². The summed E-state index contributed by atoms with van der Waals surface area (Å²) in [4.78, 5) is 18.9. The number of morpholine rings is 1. The Hall–Kier alpha value is -1.89. The first-order chi connectivity index (χ1) is 12.3. The summed E-state index contributed by atoms with van der Waals surface area (Å²) in [6.07, 6.45) is 0. The van der Waals surface area contributed by atoms with E-state index in [-0.39, 0.29) is 5.91 Å². The van der Waals surface area contributed by atoms with E-state index in [2.05, 4.69) is 11.1 Å². The second kappa shape index (κ2) is 7.56. The average molecular weight is 370 g/mol. The molecular weight excluding hydrogens is 352 g/mol. The van der Waals surface area contributed by atoms with Crippen LogP contribution < -0.4 is 0 Å². The van der Waals surface area contributed by atoms with Gasteiger partial charge in [0.15, 0.2) is 4.34 Å². The summed E-state index contributed by atoms with van der Waals surface area (Å²) < 4.78 is 7.60. The number of thioether (sulfide) groups is 1. The third kappa shape index (κ3) is 3.86. The Morgan fingerprint density at radius 2 is 1.88 bits per heavy atom. The van der Waals surface area contributed by atoms with Gasteiger partial charge in [0.1, 0.15) is 0 Å². The van der Waals surface area contributed by atoms with Crippen molar-refractivity contribution in [2.75, 3.05) is 26.3 Å². The number of benzene rings is 2. The lowest BCUT2D eigenvalue weighted by atomic mass is 10.1. The van der Waals surface area contributed by atoms with Gasteiger partial charge in [-0.15, -0.1) is 11.3 Å². The number of ether oxygens (including phenoxy) is 1. The molecule has 0 N–H and O–H groups in total. The predicted octanol–water partition coefficient (Wildman–Crippen LogP) is 4.06. The smallest absolute Gasteiger partial charge is 0.254 e. The molecule has 2 heterocycles. The van der Waals surface area contributed by atoms with E-state index in [0.29, 0.717) is 26.3 Å². The molecule has 1 aromatic heterocycles. The topological polar surface area (TPSA) is 42.4 Å². The maximum absolute atomic E-state index is 12.4. The highest BCUT2D eigenvalue weighted by molar-refractivity contribution is 8.00.